The molecule has 2 rings (SSSR count). The number of nitrogens with zero attached hydrogens (tertiary/aromatic N) is 2. The normalized spacial score (nSPS) is 11.1. The summed E-state index contributed by atoms with van der Waals surface area (Å²) in [7, 11) is 0. The van der Waals surface area contributed by atoms with Crippen LogP contribution in [0, 0.1) is 5.92 Å². The van der Waals surface area contributed by atoms with Gasteiger partial charge in [-0.15, -0.1) is 0 Å². The molecule has 1 N–H and O–H groups in total. The first-order valence-electron chi connectivity index (χ1n) is 5.98. The molecule has 0 aromatic carbocycles. The minimum atomic E-state index is -0.251. The first-order chi connectivity index (χ1) is 9.38. The van der Waals surface area contributed by atoms with Gasteiger partial charge in [-0.05, 0) is 34.3 Å². The summed E-state index contributed by atoms with van der Waals surface area (Å²) < 4.78 is 0.444. The van der Waals surface area contributed by atoms with Crippen LogP contribution >= 0.6 is 39.1 Å². The maximum Gasteiger partial charge on any atom is 0.265 e. The fraction of sp³-hybridized carbons (Fsp3) is 0.308. The summed E-state index contributed by atoms with van der Waals surface area (Å²) in [6.45, 7) is 4.12. The van der Waals surface area contributed by atoms with Gasteiger partial charge in [0.15, 0.2) is 5.82 Å². The van der Waals surface area contributed by atoms with Crippen molar-refractivity contribution in [3.8, 4) is 11.5 Å². The van der Waals surface area contributed by atoms with E-state index in [9.17, 15) is 4.79 Å². The molecule has 7 heteroatoms. The molecule has 0 saturated heterocycles. The van der Waals surface area contributed by atoms with E-state index in [2.05, 4.69) is 44.7 Å². The van der Waals surface area contributed by atoms with Crippen LogP contribution in [0.4, 0.5) is 0 Å². The highest BCUT2D eigenvalue weighted by atomic mass is 79.9. The van der Waals surface area contributed by atoms with Crippen molar-refractivity contribution < 1.29 is 0 Å². The molecular weight excluding hydrogens is 365 g/mol. The van der Waals surface area contributed by atoms with Crippen molar-refractivity contribution >= 4 is 39.1 Å². The zero-order valence-electron chi connectivity index (χ0n) is 10.9. The first-order valence-corrected chi connectivity index (χ1v) is 7.53. The van der Waals surface area contributed by atoms with Crippen molar-refractivity contribution in [3.63, 3.8) is 0 Å². The zero-order chi connectivity index (χ0) is 14.9. The van der Waals surface area contributed by atoms with E-state index in [4.69, 9.17) is 23.2 Å². The second-order valence-corrected chi connectivity index (χ2v) is 6.39. The first kappa shape index (κ1) is 15.5. The van der Waals surface area contributed by atoms with E-state index in [1.54, 1.807) is 6.07 Å². The van der Waals surface area contributed by atoms with E-state index < -0.39 is 0 Å². The summed E-state index contributed by atoms with van der Waals surface area (Å²) in [6, 6.07) is 1.57. The average Bonchev–Trinajstić information content (AvgIpc) is 2.34. The predicted octanol–water partition coefficient (Wildman–Crippen LogP) is 4.10. The molecule has 4 nitrogen and oxygen atoms in total. The third kappa shape index (κ3) is 3.40. The second-order valence-electron chi connectivity index (χ2n) is 4.76. The molecule has 0 saturated carbocycles. The molecule has 0 aliphatic heterocycles. The van der Waals surface area contributed by atoms with Crippen molar-refractivity contribution in [3.05, 3.63) is 42.8 Å². The van der Waals surface area contributed by atoms with E-state index in [0.717, 1.165) is 0 Å². The Kier molecular flexibility index (Phi) is 4.83. The van der Waals surface area contributed by atoms with Gasteiger partial charge in [0.1, 0.15) is 10.2 Å². The molecule has 0 radical (unpaired) electrons. The highest BCUT2D eigenvalue weighted by Crippen LogP contribution is 2.26. The second kappa shape index (κ2) is 6.24. The number of H-pyrrole nitrogens is 1. The van der Waals surface area contributed by atoms with Crippen molar-refractivity contribution in [1.29, 1.82) is 0 Å². The van der Waals surface area contributed by atoms with E-state index in [1.807, 2.05) is 0 Å². The van der Waals surface area contributed by atoms with Crippen LogP contribution in [0.5, 0.6) is 0 Å². The van der Waals surface area contributed by atoms with Gasteiger partial charge in [-0.1, -0.05) is 37.0 Å². The summed E-state index contributed by atoms with van der Waals surface area (Å²) in [5, 5.41) is 0.777. The lowest BCUT2D eigenvalue weighted by Gasteiger charge is -2.09. The topological polar surface area (TPSA) is 58.6 Å². The summed E-state index contributed by atoms with van der Waals surface area (Å²) >= 11 is 15.2. The van der Waals surface area contributed by atoms with E-state index in [0.29, 0.717) is 44.1 Å². The Labute approximate surface area is 134 Å². The SMILES string of the molecule is CC(C)Cc1nc(-c2ncc(Cl)cc2Cl)[nH]c(=O)c1Br. The minimum Gasteiger partial charge on any atom is -0.304 e. The van der Waals surface area contributed by atoms with Gasteiger partial charge >= 0.3 is 0 Å². The largest absolute Gasteiger partial charge is 0.304 e. The highest BCUT2D eigenvalue weighted by Gasteiger charge is 2.14. The molecule has 2 aromatic rings. The quantitative estimate of drug-likeness (QED) is 0.877. The highest BCUT2D eigenvalue weighted by molar-refractivity contribution is 9.10. The van der Waals surface area contributed by atoms with Crippen LogP contribution in [0.25, 0.3) is 11.5 Å². The van der Waals surface area contributed by atoms with E-state index in [-0.39, 0.29) is 5.56 Å². The molecule has 20 heavy (non-hydrogen) atoms. The van der Waals surface area contributed by atoms with Crippen LogP contribution < -0.4 is 5.56 Å². The Morgan fingerprint density at radius 3 is 2.70 bits per heavy atom. The third-order valence-corrected chi connectivity index (χ3v) is 3.88. The van der Waals surface area contributed by atoms with Gasteiger partial charge < -0.3 is 4.98 Å². The molecule has 0 amide bonds. The number of hydrogen-bond donors (Lipinski definition) is 1. The number of pyridine rings is 1. The Balaban J connectivity index is 2.57. The van der Waals surface area contributed by atoms with E-state index >= 15 is 0 Å². The van der Waals surface area contributed by atoms with Gasteiger partial charge in [-0.2, -0.15) is 0 Å². The van der Waals surface area contributed by atoms with Gasteiger partial charge in [-0.3, -0.25) is 4.79 Å². The van der Waals surface area contributed by atoms with Gasteiger partial charge in [0.05, 0.1) is 15.7 Å². The number of hydrogen-bond acceptors (Lipinski definition) is 3. The van der Waals surface area contributed by atoms with Crippen molar-refractivity contribution in [2.75, 3.05) is 0 Å². The Morgan fingerprint density at radius 2 is 2.10 bits per heavy atom. The van der Waals surface area contributed by atoms with Crippen molar-refractivity contribution in [1.82, 2.24) is 15.0 Å². The van der Waals surface area contributed by atoms with Gasteiger partial charge in [0.25, 0.3) is 5.56 Å². The average molecular weight is 377 g/mol. The number of rotatable bonds is 3. The maximum absolute atomic E-state index is 12.0. The monoisotopic (exact) mass is 375 g/mol. The van der Waals surface area contributed by atoms with Crippen LogP contribution in [-0.4, -0.2) is 15.0 Å². The van der Waals surface area contributed by atoms with Crippen LogP contribution in [0.15, 0.2) is 21.5 Å². The summed E-state index contributed by atoms with van der Waals surface area (Å²) in [6.07, 6.45) is 2.15. The number of halogens is 3. The van der Waals surface area contributed by atoms with Gasteiger partial charge in [0, 0.05) is 6.20 Å². The molecule has 0 fully saturated rings. The summed E-state index contributed by atoms with van der Waals surface area (Å²) in [4.78, 5) is 23.2. The molecule has 0 bridgehead atoms. The Bertz CT molecular complexity index is 701. The third-order valence-electron chi connectivity index (χ3n) is 2.57. The van der Waals surface area contributed by atoms with Crippen molar-refractivity contribution in [2.24, 2.45) is 5.92 Å². The van der Waals surface area contributed by atoms with Gasteiger partial charge in [0.2, 0.25) is 0 Å². The number of aromatic nitrogens is 3. The molecule has 0 spiro atoms. The molecule has 2 aromatic heterocycles. The fourth-order valence-electron chi connectivity index (χ4n) is 1.73. The lowest BCUT2D eigenvalue weighted by Crippen LogP contribution is -2.15. The molecular formula is C13H12BrCl2N3O. The smallest absolute Gasteiger partial charge is 0.265 e. The molecule has 0 unspecified atom stereocenters. The number of nitrogens with one attached hydrogen (secondary N) is 1. The molecule has 2 heterocycles. The maximum atomic E-state index is 12.0. The summed E-state index contributed by atoms with van der Waals surface area (Å²) in [5.41, 5.74) is 0.843. The standard InChI is InChI=1S/C13H12BrCl2N3O/c1-6(2)3-9-10(14)13(20)19-12(18-9)11-8(16)4-7(15)5-17-11/h4-6H,3H2,1-2H3,(H,18,19,20). The van der Waals surface area contributed by atoms with E-state index in [1.165, 1.54) is 6.20 Å². The molecule has 106 valence electrons. The lowest BCUT2D eigenvalue weighted by atomic mass is 10.1. The zero-order valence-corrected chi connectivity index (χ0v) is 14.0. The molecule has 0 aliphatic carbocycles. The summed E-state index contributed by atoms with van der Waals surface area (Å²) in [5.74, 6) is 0.720. The van der Waals surface area contributed by atoms with Crippen LogP contribution in [0.2, 0.25) is 10.0 Å². The molecule has 0 atom stereocenters. The molecule has 0 aliphatic rings. The Morgan fingerprint density at radius 1 is 1.40 bits per heavy atom. The predicted molar refractivity (Wildman–Crippen MR) is 84.4 cm³/mol. The van der Waals surface area contributed by atoms with Crippen molar-refractivity contribution in [2.45, 2.75) is 20.3 Å². The van der Waals surface area contributed by atoms with Gasteiger partial charge in [-0.25, -0.2) is 9.97 Å². The minimum absolute atomic E-state index is 0.251. The lowest BCUT2D eigenvalue weighted by molar-refractivity contribution is 0.631. The van der Waals surface area contributed by atoms with Crippen LogP contribution in [-0.2, 0) is 6.42 Å². The fourth-order valence-corrected chi connectivity index (χ4v) is 2.55. The van der Waals surface area contributed by atoms with Crippen LogP contribution in [0.3, 0.4) is 0 Å². The van der Waals surface area contributed by atoms with Crippen LogP contribution in [0.1, 0.15) is 19.5 Å². The number of aromatic amines is 1. The Hall–Kier alpha value is -0.910.